The third kappa shape index (κ3) is 10.7. The molecule has 0 spiro atoms. The number of esters is 3. The van der Waals surface area contributed by atoms with Crippen molar-refractivity contribution >= 4 is 41.5 Å². The van der Waals surface area contributed by atoms with E-state index in [0.717, 1.165) is 5.56 Å². The minimum absolute atomic E-state index is 0.00612. The van der Waals surface area contributed by atoms with Crippen molar-refractivity contribution < 1.29 is 42.6 Å². The van der Waals surface area contributed by atoms with Gasteiger partial charge in [0.15, 0.2) is 11.9 Å². The van der Waals surface area contributed by atoms with Gasteiger partial charge in [-0.1, -0.05) is 60.7 Å². The zero-order chi connectivity index (χ0) is 36.6. The van der Waals surface area contributed by atoms with Crippen molar-refractivity contribution in [1.82, 2.24) is 4.90 Å². The first kappa shape index (κ1) is 37.6. The minimum Gasteiger partial charge on any atom is -0.460 e. The van der Waals surface area contributed by atoms with E-state index in [9.17, 15) is 24.0 Å². The summed E-state index contributed by atoms with van der Waals surface area (Å²) in [7, 11) is 0. The lowest BCUT2D eigenvalue weighted by Crippen LogP contribution is -2.52. The van der Waals surface area contributed by atoms with Crippen LogP contribution in [-0.2, 0) is 39.8 Å². The molecule has 0 saturated carbocycles. The molecule has 0 radical (unpaired) electrons. The molecule has 11 nitrogen and oxygen atoms in total. The number of hydrogen-bond donors (Lipinski definition) is 1. The number of benzene rings is 2. The van der Waals surface area contributed by atoms with Gasteiger partial charge in [-0.25, -0.2) is 0 Å². The van der Waals surface area contributed by atoms with Crippen molar-refractivity contribution in [3.8, 4) is 0 Å². The lowest BCUT2D eigenvalue weighted by Gasteiger charge is -2.36. The molecule has 2 aromatic carbocycles. The Morgan fingerprint density at radius 1 is 0.900 bits per heavy atom. The number of furan rings is 1. The van der Waals surface area contributed by atoms with Crippen LogP contribution < -0.4 is 5.32 Å². The number of cyclic esters (lactones) is 1. The maximum absolute atomic E-state index is 14.4. The molecule has 0 aliphatic carbocycles. The molecule has 1 N–H and O–H groups in total. The summed E-state index contributed by atoms with van der Waals surface area (Å²) < 4.78 is 22.7. The van der Waals surface area contributed by atoms with E-state index in [4.69, 9.17) is 18.6 Å². The summed E-state index contributed by atoms with van der Waals surface area (Å²) in [6.07, 6.45) is 1.78. The normalized spacial score (nSPS) is 17.5. The average molecular weight is 687 g/mol. The monoisotopic (exact) mass is 686 g/mol. The molecule has 266 valence electrons. The van der Waals surface area contributed by atoms with Crippen molar-refractivity contribution in [3.63, 3.8) is 0 Å². The Morgan fingerprint density at radius 3 is 2.14 bits per heavy atom. The topological polar surface area (TPSA) is 141 Å². The van der Waals surface area contributed by atoms with Crippen LogP contribution in [0.15, 0.2) is 83.3 Å². The van der Waals surface area contributed by atoms with Crippen molar-refractivity contribution in [2.75, 3.05) is 11.9 Å². The molecule has 2 heterocycles. The molecule has 4 rings (SSSR count). The van der Waals surface area contributed by atoms with Gasteiger partial charge in [-0.05, 0) is 78.3 Å². The molecule has 1 fully saturated rings. The molecule has 3 aromatic rings. The number of para-hydroxylation sites is 1. The van der Waals surface area contributed by atoms with Crippen LogP contribution in [0.4, 0.5) is 5.69 Å². The molecule has 4 unspecified atom stereocenters. The van der Waals surface area contributed by atoms with Gasteiger partial charge in [0.1, 0.15) is 22.9 Å². The van der Waals surface area contributed by atoms with Gasteiger partial charge in [0.2, 0.25) is 0 Å². The molecule has 2 amide bonds. The van der Waals surface area contributed by atoms with Crippen LogP contribution in [0.3, 0.4) is 0 Å². The molecule has 1 aliphatic heterocycles. The third-order valence-corrected chi connectivity index (χ3v) is 7.78. The average Bonchev–Trinajstić information content (AvgIpc) is 3.68. The maximum atomic E-state index is 14.4. The Labute approximate surface area is 292 Å². The predicted octanol–water partition coefficient (Wildman–Crippen LogP) is 6.24. The number of carbonyl (C=O) groups is 5. The van der Waals surface area contributed by atoms with Gasteiger partial charge in [0.25, 0.3) is 11.8 Å². The molecule has 1 saturated heterocycles. The smallest absolute Gasteiger partial charge is 0.314 e. The predicted molar refractivity (Wildman–Crippen MR) is 187 cm³/mol. The largest absolute Gasteiger partial charge is 0.460 e. The fourth-order valence-corrected chi connectivity index (χ4v) is 5.44. The Morgan fingerprint density at radius 2 is 1.52 bits per heavy atom. The zero-order valence-corrected chi connectivity index (χ0v) is 29.6. The Bertz CT molecular complexity index is 1680. The second kappa shape index (κ2) is 16.0. The van der Waals surface area contributed by atoms with Gasteiger partial charge in [0.05, 0.1) is 12.3 Å². The maximum Gasteiger partial charge on any atom is 0.314 e. The second-order valence-electron chi connectivity index (χ2n) is 14.2. The van der Waals surface area contributed by atoms with Crippen LogP contribution in [0.1, 0.15) is 76.8 Å². The molecule has 1 aliphatic rings. The lowest BCUT2D eigenvalue weighted by molar-refractivity contribution is -0.170. The molecular weight excluding hydrogens is 640 g/mol. The van der Waals surface area contributed by atoms with E-state index in [1.54, 1.807) is 84.9 Å². The van der Waals surface area contributed by atoms with Crippen LogP contribution in [0.25, 0.3) is 6.08 Å². The summed E-state index contributed by atoms with van der Waals surface area (Å²) in [6, 6.07) is 20.6. The number of nitrogens with one attached hydrogen (secondary N) is 1. The van der Waals surface area contributed by atoms with Crippen LogP contribution >= 0.6 is 0 Å². The van der Waals surface area contributed by atoms with Gasteiger partial charge in [-0.15, -0.1) is 0 Å². The van der Waals surface area contributed by atoms with E-state index >= 15 is 0 Å². The SMILES string of the molecule is CC(C(Cc1ccc(C(=O)Nc2ccccc2)o1)C(=O)OC(C)(C)C)N(C/C=C/c1ccccc1)C(=O)C1OC(=O)CC1C(=O)OC(C)(C)C. The number of carbonyl (C=O) groups excluding carboxylic acids is 5. The van der Waals surface area contributed by atoms with E-state index in [-0.39, 0.29) is 25.1 Å². The number of nitrogens with zero attached hydrogens (tertiary/aromatic N) is 1. The number of anilines is 1. The van der Waals surface area contributed by atoms with E-state index in [1.165, 1.54) is 11.0 Å². The highest BCUT2D eigenvalue weighted by Crippen LogP contribution is 2.30. The Kier molecular flexibility index (Phi) is 12.1. The number of amides is 2. The first-order valence-electron chi connectivity index (χ1n) is 16.6. The zero-order valence-electron chi connectivity index (χ0n) is 29.6. The van der Waals surface area contributed by atoms with Crippen LogP contribution in [0, 0.1) is 11.8 Å². The lowest BCUT2D eigenvalue weighted by atomic mass is 9.92. The summed E-state index contributed by atoms with van der Waals surface area (Å²) in [5.41, 5.74) is -0.245. The van der Waals surface area contributed by atoms with Crippen molar-refractivity contribution in [3.05, 3.63) is 96.0 Å². The van der Waals surface area contributed by atoms with Gasteiger partial charge in [-0.3, -0.25) is 24.0 Å². The van der Waals surface area contributed by atoms with Crippen LogP contribution in [0.5, 0.6) is 0 Å². The van der Waals surface area contributed by atoms with Crippen molar-refractivity contribution in [1.29, 1.82) is 0 Å². The molecular formula is C39H46N2O9. The minimum atomic E-state index is -1.46. The van der Waals surface area contributed by atoms with Gasteiger partial charge < -0.3 is 28.8 Å². The van der Waals surface area contributed by atoms with E-state index in [0.29, 0.717) is 11.4 Å². The van der Waals surface area contributed by atoms with Gasteiger partial charge in [0, 0.05) is 24.7 Å². The number of ether oxygens (including phenoxy) is 3. The van der Waals surface area contributed by atoms with E-state index in [1.807, 2.05) is 42.5 Å². The van der Waals surface area contributed by atoms with Crippen molar-refractivity contribution in [2.45, 2.75) is 84.7 Å². The standard InChI is InChI=1S/C39H46N2O9/c1-25(29(36(45)49-38(2,3)4)23-28-20-21-31(47-28)34(43)40-27-18-12-9-13-19-27)41(22-14-17-26-15-10-8-11-16-26)35(44)33-30(24-32(42)48-33)37(46)50-39(5,6)7/h8-21,25,29-30,33H,22-24H2,1-7H3,(H,40,43)/b17-14+. The van der Waals surface area contributed by atoms with Gasteiger partial charge >= 0.3 is 17.9 Å². The quantitative estimate of drug-likeness (QED) is 0.173. The fraction of sp³-hybridized carbons (Fsp3) is 0.410. The molecule has 11 heteroatoms. The summed E-state index contributed by atoms with van der Waals surface area (Å²) >= 11 is 0. The van der Waals surface area contributed by atoms with Gasteiger partial charge in [-0.2, -0.15) is 0 Å². The van der Waals surface area contributed by atoms with E-state index < -0.39 is 64.9 Å². The number of hydrogen-bond acceptors (Lipinski definition) is 9. The third-order valence-electron chi connectivity index (χ3n) is 7.78. The summed E-state index contributed by atoms with van der Waals surface area (Å²) in [5.74, 6) is -4.96. The number of rotatable bonds is 12. The van der Waals surface area contributed by atoms with Crippen LogP contribution in [0.2, 0.25) is 0 Å². The second-order valence-corrected chi connectivity index (χ2v) is 14.2. The summed E-state index contributed by atoms with van der Waals surface area (Å²) in [5, 5.41) is 2.77. The summed E-state index contributed by atoms with van der Waals surface area (Å²) in [6.45, 7) is 12.0. The highest BCUT2D eigenvalue weighted by Gasteiger charge is 2.49. The molecule has 1 aromatic heterocycles. The van der Waals surface area contributed by atoms with Crippen LogP contribution in [-0.4, -0.2) is 64.5 Å². The molecule has 0 bridgehead atoms. The Balaban J connectivity index is 1.66. The summed E-state index contributed by atoms with van der Waals surface area (Å²) in [4.78, 5) is 68.2. The highest BCUT2D eigenvalue weighted by atomic mass is 16.6. The first-order valence-corrected chi connectivity index (χ1v) is 16.6. The molecule has 4 atom stereocenters. The molecule has 50 heavy (non-hydrogen) atoms. The first-order chi connectivity index (χ1) is 23.5. The van der Waals surface area contributed by atoms with E-state index in [2.05, 4.69) is 5.32 Å². The fourth-order valence-electron chi connectivity index (χ4n) is 5.44. The highest BCUT2D eigenvalue weighted by molar-refractivity contribution is 6.02. The van der Waals surface area contributed by atoms with Crippen molar-refractivity contribution in [2.24, 2.45) is 11.8 Å². The Hall–Kier alpha value is -5.19.